The molecule has 7 nitrogen and oxygen atoms in total. The number of rotatable bonds is 2. The van der Waals surface area contributed by atoms with Crippen molar-refractivity contribution in [3.8, 4) is 11.1 Å². The lowest BCUT2D eigenvalue weighted by Crippen LogP contribution is -2.01. The van der Waals surface area contributed by atoms with Gasteiger partial charge in [0.15, 0.2) is 0 Å². The van der Waals surface area contributed by atoms with E-state index < -0.39 is 16.4 Å². The first-order chi connectivity index (χ1) is 9.68. The zero-order valence-electron chi connectivity index (χ0n) is 10.7. The van der Waals surface area contributed by atoms with Crippen LogP contribution in [0.5, 0.6) is 0 Å². The minimum atomic E-state index is -4.67. The zero-order chi connectivity index (χ0) is 16.0. The van der Waals surface area contributed by atoms with Crippen molar-refractivity contribution < 1.29 is 27.4 Å². The number of hydrogen-bond donors (Lipinski definition) is 4. The second-order valence-corrected chi connectivity index (χ2v) is 4.82. The number of carboxylic acids is 1. The third-order valence-corrected chi connectivity index (χ3v) is 2.36. The average molecular weight is 311 g/mol. The summed E-state index contributed by atoms with van der Waals surface area (Å²) in [6.45, 7) is 0. The molecule has 0 bridgehead atoms. The molecule has 0 fully saturated rings. The van der Waals surface area contributed by atoms with Crippen LogP contribution in [-0.4, -0.2) is 28.6 Å². The van der Waals surface area contributed by atoms with E-state index >= 15 is 0 Å². The van der Waals surface area contributed by atoms with Gasteiger partial charge in [-0.1, -0.05) is 36.4 Å². The Balaban J connectivity index is 0.000000383. The van der Waals surface area contributed by atoms with Gasteiger partial charge < -0.3 is 10.8 Å². The topological polar surface area (TPSA) is 138 Å². The minimum absolute atomic E-state index is 0.228. The van der Waals surface area contributed by atoms with Crippen molar-refractivity contribution in [1.29, 1.82) is 0 Å². The maximum atomic E-state index is 11.1. The summed E-state index contributed by atoms with van der Waals surface area (Å²) >= 11 is 0. The molecule has 0 aliphatic heterocycles. The first-order valence-corrected chi connectivity index (χ1v) is 6.96. The second kappa shape index (κ2) is 6.84. The Labute approximate surface area is 121 Å². The molecular weight excluding hydrogens is 298 g/mol. The first kappa shape index (κ1) is 16.6. The summed E-state index contributed by atoms with van der Waals surface area (Å²) in [5.74, 6) is -0.967. The van der Waals surface area contributed by atoms with E-state index in [4.69, 9.17) is 28.4 Å². The zero-order valence-corrected chi connectivity index (χ0v) is 11.5. The van der Waals surface area contributed by atoms with Gasteiger partial charge in [-0.2, -0.15) is 8.42 Å². The van der Waals surface area contributed by atoms with Crippen LogP contribution in [0.1, 0.15) is 10.4 Å². The summed E-state index contributed by atoms with van der Waals surface area (Å²) in [6.07, 6.45) is 0. The molecule has 2 aromatic carbocycles. The van der Waals surface area contributed by atoms with Gasteiger partial charge >= 0.3 is 16.4 Å². The number of carboxylic acid groups (broad SMARTS) is 1. The van der Waals surface area contributed by atoms with E-state index in [0.717, 1.165) is 5.56 Å². The van der Waals surface area contributed by atoms with Crippen molar-refractivity contribution in [3.05, 3.63) is 54.1 Å². The lowest BCUT2D eigenvalue weighted by atomic mass is 9.99. The smallest absolute Gasteiger partial charge is 0.394 e. The van der Waals surface area contributed by atoms with Gasteiger partial charge in [-0.3, -0.25) is 9.11 Å². The molecule has 0 spiro atoms. The fraction of sp³-hybridized carbons (Fsp3) is 0. The first-order valence-electron chi connectivity index (χ1n) is 5.56. The maximum Gasteiger partial charge on any atom is 0.394 e. The van der Waals surface area contributed by atoms with Gasteiger partial charge in [-0.15, -0.1) is 0 Å². The Hall–Kier alpha value is -2.42. The monoisotopic (exact) mass is 311 g/mol. The van der Waals surface area contributed by atoms with E-state index in [1.807, 2.05) is 30.3 Å². The van der Waals surface area contributed by atoms with Crippen molar-refractivity contribution in [3.63, 3.8) is 0 Å². The number of carbonyl (C=O) groups is 1. The molecule has 2 rings (SSSR count). The molecular formula is C13H13NO6S. The van der Waals surface area contributed by atoms with Crippen LogP contribution in [0, 0.1) is 0 Å². The number of benzene rings is 2. The molecule has 0 heterocycles. The van der Waals surface area contributed by atoms with Crippen LogP contribution < -0.4 is 5.73 Å². The highest BCUT2D eigenvalue weighted by atomic mass is 32.3. The molecule has 0 atom stereocenters. The van der Waals surface area contributed by atoms with Gasteiger partial charge in [0, 0.05) is 5.69 Å². The Morgan fingerprint density at radius 3 is 2.00 bits per heavy atom. The SMILES string of the molecule is Nc1ccc(-c2ccccc2)c(C(=O)O)c1.O=S(=O)(O)O. The second-order valence-electron chi connectivity index (χ2n) is 3.92. The van der Waals surface area contributed by atoms with Crippen molar-refractivity contribution >= 4 is 22.1 Å². The van der Waals surface area contributed by atoms with Crippen molar-refractivity contribution in [1.82, 2.24) is 0 Å². The molecule has 5 N–H and O–H groups in total. The number of nitrogen functional groups attached to an aromatic ring is 1. The summed E-state index contributed by atoms with van der Waals surface area (Å²) < 4.78 is 31.6. The fourth-order valence-electron chi connectivity index (χ4n) is 1.61. The highest BCUT2D eigenvalue weighted by molar-refractivity contribution is 7.79. The summed E-state index contributed by atoms with van der Waals surface area (Å²) in [4.78, 5) is 11.1. The molecule has 0 radical (unpaired) electrons. The highest BCUT2D eigenvalue weighted by Crippen LogP contribution is 2.25. The molecule has 0 amide bonds. The number of hydrogen-bond acceptors (Lipinski definition) is 4. The van der Waals surface area contributed by atoms with Gasteiger partial charge in [0.25, 0.3) is 0 Å². The van der Waals surface area contributed by atoms with E-state index in [9.17, 15) is 4.79 Å². The van der Waals surface area contributed by atoms with Gasteiger partial charge in [0.1, 0.15) is 0 Å². The Kier molecular flexibility index (Phi) is 5.42. The van der Waals surface area contributed by atoms with E-state index in [1.165, 1.54) is 6.07 Å². The molecule has 0 saturated carbocycles. The van der Waals surface area contributed by atoms with Crippen LogP contribution in [0.25, 0.3) is 11.1 Å². The van der Waals surface area contributed by atoms with Crippen LogP contribution in [0.4, 0.5) is 5.69 Å². The fourth-order valence-corrected chi connectivity index (χ4v) is 1.61. The molecule has 0 aromatic heterocycles. The van der Waals surface area contributed by atoms with Crippen LogP contribution >= 0.6 is 0 Å². The lowest BCUT2D eigenvalue weighted by molar-refractivity contribution is 0.0697. The summed E-state index contributed by atoms with van der Waals surface area (Å²) in [7, 11) is -4.67. The third-order valence-electron chi connectivity index (χ3n) is 2.36. The van der Waals surface area contributed by atoms with Crippen LogP contribution in [-0.2, 0) is 10.4 Å². The summed E-state index contributed by atoms with van der Waals surface area (Å²) in [5, 5.41) is 9.10. The molecule has 21 heavy (non-hydrogen) atoms. The van der Waals surface area contributed by atoms with Crippen LogP contribution in [0.15, 0.2) is 48.5 Å². The predicted molar refractivity (Wildman–Crippen MR) is 77.4 cm³/mol. The molecule has 0 unspecified atom stereocenters. The van der Waals surface area contributed by atoms with Gasteiger partial charge in [-0.05, 0) is 23.3 Å². The van der Waals surface area contributed by atoms with E-state index in [0.29, 0.717) is 11.3 Å². The largest absolute Gasteiger partial charge is 0.478 e. The maximum absolute atomic E-state index is 11.1. The molecule has 8 heteroatoms. The molecule has 0 aliphatic carbocycles. The van der Waals surface area contributed by atoms with Crippen LogP contribution in [0.3, 0.4) is 0 Å². The van der Waals surface area contributed by atoms with Gasteiger partial charge in [-0.25, -0.2) is 4.79 Å². The minimum Gasteiger partial charge on any atom is -0.478 e. The molecule has 0 saturated heterocycles. The van der Waals surface area contributed by atoms with Crippen molar-refractivity contribution in [2.75, 3.05) is 5.73 Å². The Morgan fingerprint density at radius 2 is 1.52 bits per heavy atom. The van der Waals surface area contributed by atoms with Crippen LogP contribution in [0.2, 0.25) is 0 Å². The number of anilines is 1. The van der Waals surface area contributed by atoms with E-state index in [2.05, 4.69) is 0 Å². The molecule has 2 aromatic rings. The van der Waals surface area contributed by atoms with Crippen molar-refractivity contribution in [2.24, 2.45) is 0 Å². The average Bonchev–Trinajstić information content (AvgIpc) is 2.37. The Morgan fingerprint density at radius 1 is 1.00 bits per heavy atom. The molecule has 0 aliphatic rings. The lowest BCUT2D eigenvalue weighted by Gasteiger charge is -2.06. The van der Waals surface area contributed by atoms with Gasteiger partial charge in [0.2, 0.25) is 0 Å². The Bertz CT molecular complexity index is 720. The normalized spacial score (nSPS) is 10.4. The number of nitrogens with two attached hydrogens (primary N) is 1. The summed E-state index contributed by atoms with van der Waals surface area (Å²) in [6, 6.07) is 14.3. The predicted octanol–water partition coefficient (Wildman–Crippen LogP) is 1.98. The van der Waals surface area contributed by atoms with E-state index in [1.54, 1.807) is 12.1 Å². The standard InChI is InChI=1S/C13H11NO2.H2O4S/c14-10-6-7-11(12(8-10)13(15)16)9-4-2-1-3-5-9;1-5(2,3)4/h1-8H,14H2,(H,15,16);(H2,1,2,3,4). The molecule has 112 valence electrons. The van der Waals surface area contributed by atoms with E-state index in [-0.39, 0.29) is 5.56 Å². The third kappa shape index (κ3) is 6.04. The number of aromatic carboxylic acids is 1. The van der Waals surface area contributed by atoms with Crippen molar-refractivity contribution in [2.45, 2.75) is 0 Å². The van der Waals surface area contributed by atoms with Gasteiger partial charge in [0.05, 0.1) is 5.56 Å². The summed E-state index contributed by atoms with van der Waals surface area (Å²) in [5.41, 5.74) is 7.82. The quantitative estimate of drug-likeness (QED) is 0.491. The highest BCUT2D eigenvalue weighted by Gasteiger charge is 2.11.